The molecule has 14 heteroatoms. The highest BCUT2D eigenvalue weighted by atomic mass is 16.5. The Labute approximate surface area is 245 Å². The number of amides is 2. The number of aldehydes is 1. The average molecular weight is 594 g/mol. The molecule has 0 spiro atoms. The first-order chi connectivity index (χ1) is 20.2. The molecule has 2 rings (SSSR count). The fourth-order valence-electron chi connectivity index (χ4n) is 4.25. The van der Waals surface area contributed by atoms with E-state index in [-0.39, 0.29) is 64.4 Å². The van der Waals surface area contributed by atoms with Crippen LogP contribution in [-0.4, -0.2) is 147 Å². The Balaban J connectivity index is 1.56. The minimum atomic E-state index is -0.956. The Kier molecular flexibility index (Phi) is 16.9. The Hall–Kier alpha value is -3.43. The Morgan fingerprint density at radius 1 is 0.714 bits per heavy atom. The van der Waals surface area contributed by atoms with E-state index in [0.29, 0.717) is 58.7 Å². The number of rotatable bonds is 19. The van der Waals surface area contributed by atoms with E-state index in [4.69, 9.17) is 19.7 Å². The molecule has 234 valence electrons. The number of nitrogens with one attached hydrogen (secondary N) is 2. The molecule has 0 radical (unpaired) electrons. The highest BCUT2D eigenvalue weighted by Crippen LogP contribution is 2.06. The van der Waals surface area contributed by atoms with Gasteiger partial charge in [0.15, 0.2) is 0 Å². The van der Waals surface area contributed by atoms with Crippen molar-refractivity contribution < 1.29 is 43.7 Å². The van der Waals surface area contributed by atoms with Crippen molar-refractivity contribution >= 4 is 30.0 Å². The van der Waals surface area contributed by atoms with E-state index in [0.717, 1.165) is 17.4 Å². The molecule has 2 amide bonds. The second kappa shape index (κ2) is 20.4. The van der Waals surface area contributed by atoms with Crippen LogP contribution >= 0.6 is 0 Å². The molecule has 42 heavy (non-hydrogen) atoms. The van der Waals surface area contributed by atoms with Crippen LogP contribution in [0.25, 0.3) is 0 Å². The van der Waals surface area contributed by atoms with Crippen LogP contribution < -0.4 is 10.6 Å². The summed E-state index contributed by atoms with van der Waals surface area (Å²) in [6, 6.07) is 7.70. The van der Waals surface area contributed by atoms with E-state index in [2.05, 4.69) is 10.6 Å². The van der Waals surface area contributed by atoms with Crippen LogP contribution in [0.2, 0.25) is 0 Å². The predicted octanol–water partition coefficient (Wildman–Crippen LogP) is -1.33. The lowest BCUT2D eigenvalue weighted by molar-refractivity contribution is -0.140. The third-order valence-electron chi connectivity index (χ3n) is 6.52. The van der Waals surface area contributed by atoms with Crippen molar-refractivity contribution in [3.63, 3.8) is 0 Å². The topological polar surface area (TPSA) is 178 Å². The number of carboxylic acids is 2. The molecule has 0 aromatic heterocycles. The predicted molar refractivity (Wildman–Crippen MR) is 152 cm³/mol. The van der Waals surface area contributed by atoms with Gasteiger partial charge in [-0.1, -0.05) is 24.3 Å². The van der Waals surface area contributed by atoms with Crippen LogP contribution in [0.4, 0.5) is 0 Å². The largest absolute Gasteiger partial charge is 0.480 e. The normalized spacial score (nSPS) is 15.2. The summed E-state index contributed by atoms with van der Waals surface area (Å²) in [5.41, 5.74) is 2.02. The highest BCUT2D eigenvalue weighted by Gasteiger charge is 2.20. The lowest BCUT2D eigenvalue weighted by Gasteiger charge is -2.24. The molecule has 1 fully saturated rings. The molecule has 0 atom stereocenters. The zero-order valence-corrected chi connectivity index (χ0v) is 24.0. The zero-order valence-electron chi connectivity index (χ0n) is 24.0. The lowest BCUT2D eigenvalue weighted by Crippen LogP contribution is -2.43. The van der Waals surface area contributed by atoms with Crippen molar-refractivity contribution in [2.45, 2.75) is 19.4 Å². The smallest absolute Gasteiger partial charge is 0.317 e. The van der Waals surface area contributed by atoms with Gasteiger partial charge in [-0.2, -0.15) is 0 Å². The maximum absolute atomic E-state index is 12.4. The number of aryl methyl sites for hydroxylation is 1. The molecule has 1 aromatic rings. The second-order valence-corrected chi connectivity index (χ2v) is 9.93. The number of hydrogen-bond acceptors (Lipinski definition) is 10. The van der Waals surface area contributed by atoms with Gasteiger partial charge >= 0.3 is 11.9 Å². The molecule has 0 bridgehead atoms. The van der Waals surface area contributed by atoms with E-state index < -0.39 is 11.9 Å². The Bertz CT molecular complexity index is 964. The number of carboxylic acid groups (broad SMARTS) is 2. The fraction of sp³-hybridized carbons (Fsp3) is 0.607. The summed E-state index contributed by atoms with van der Waals surface area (Å²) >= 11 is 0. The summed E-state index contributed by atoms with van der Waals surface area (Å²) in [7, 11) is 0. The van der Waals surface area contributed by atoms with Crippen LogP contribution in [0.15, 0.2) is 24.3 Å². The summed E-state index contributed by atoms with van der Waals surface area (Å²) in [4.78, 5) is 62.6. The maximum atomic E-state index is 12.4. The fourth-order valence-corrected chi connectivity index (χ4v) is 4.25. The van der Waals surface area contributed by atoms with Crippen molar-refractivity contribution in [1.29, 1.82) is 0 Å². The molecule has 1 heterocycles. The number of benzene rings is 1. The Morgan fingerprint density at radius 2 is 1.24 bits per heavy atom. The van der Waals surface area contributed by atoms with Crippen LogP contribution in [-0.2, 0) is 46.4 Å². The van der Waals surface area contributed by atoms with Gasteiger partial charge in [0.1, 0.15) is 12.9 Å². The molecule has 0 unspecified atom stereocenters. The third kappa shape index (κ3) is 16.1. The summed E-state index contributed by atoms with van der Waals surface area (Å²) in [6.07, 6.45) is 2.07. The second-order valence-electron chi connectivity index (χ2n) is 9.93. The van der Waals surface area contributed by atoms with Gasteiger partial charge in [-0.25, -0.2) is 0 Å². The van der Waals surface area contributed by atoms with Gasteiger partial charge in [-0.05, 0) is 17.5 Å². The Morgan fingerprint density at radius 3 is 1.79 bits per heavy atom. The molecular weight excluding hydrogens is 550 g/mol. The van der Waals surface area contributed by atoms with Crippen molar-refractivity contribution in [2.24, 2.45) is 0 Å². The number of aliphatic carboxylic acids is 2. The van der Waals surface area contributed by atoms with Crippen LogP contribution in [0, 0.1) is 0 Å². The first-order valence-corrected chi connectivity index (χ1v) is 14.1. The number of carbonyl (C=O) groups excluding carboxylic acids is 3. The summed E-state index contributed by atoms with van der Waals surface area (Å²) in [5, 5.41) is 23.9. The molecule has 0 saturated carbocycles. The van der Waals surface area contributed by atoms with Crippen molar-refractivity contribution in [1.82, 2.24) is 25.3 Å². The molecule has 1 aliphatic rings. The van der Waals surface area contributed by atoms with Crippen LogP contribution in [0.3, 0.4) is 0 Å². The highest BCUT2D eigenvalue weighted by molar-refractivity contribution is 5.78. The van der Waals surface area contributed by atoms with Gasteiger partial charge in [0.2, 0.25) is 11.8 Å². The quantitative estimate of drug-likeness (QED) is 0.110. The van der Waals surface area contributed by atoms with Crippen molar-refractivity contribution in [3.05, 3.63) is 35.4 Å². The summed E-state index contributed by atoms with van der Waals surface area (Å²) in [6.45, 7) is 3.88. The number of ether oxygens (including phenoxy) is 2. The SMILES string of the molecule is O=CCCc1ccc(CNC(=O)COCCOCCNC(=O)CN2CCN(CC(=O)O)CCN(CC(=O)O)CC2)cc1. The number of carbonyl (C=O) groups is 5. The first kappa shape index (κ1) is 34.8. The van der Waals surface area contributed by atoms with E-state index >= 15 is 0 Å². The molecule has 1 saturated heterocycles. The number of hydrogen-bond donors (Lipinski definition) is 4. The maximum Gasteiger partial charge on any atom is 0.317 e. The standard InChI is InChI=1S/C28H43N5O9/c34-14-1-2-23-3-5-24(6-4-23)18-30-26(36)22-42-17-16-41-15-7-29-25(35)19-31-8-10-32(20-27(37)38)12-13-33(11-9-31)21-28(39)40/h3-6,14H,1-2,7-13,15-22H2,(H,29,35)(H,30,36)(H,37,38)(H,39,40). The van der Waals surface area contributed by atoms with Gasteiger partial charge in [0.25, 0.3) is 0 Å². The third-order valence-corrected chi connectivity index (χ3v) is 6.52. The minimum Gasteiger partial charge on any atom is -0.480 e. The summed E-state index contributed by atoms with van der Waals surface area (Å²) < 4.78 is 10.8. The molecule has 14 nitrogen and oxygen atoms in total. The van der Waals surface area contributed by atoms with Gasteiger partial charge in [0.05, 0.1) is 39.5 Å². The minimum absolute atomic E-state index is 0.0961. The summed E-state index contributed by atoms with van der Waals surface area (Å²) in [5.74, 6) is -2.37. The molecule has 1 aliphatic heterocycles. The van der Waals surface area contributed by atoms with E-state index in [1.807, 2.05) is 29.2 Å². The van der Waals surface area contributed by atoms with Gasteiger partial charge < -0.3 is 35.1 Å². The number of nitrogens with zero attached hydrogens (tertiary/aromatic N) is 3. The van der Waals surface area contributed by atoms with E-state index in [9.17, 15) is 24.0 Å². The first-order valence-electron chi connectivity index (χ1n) is 14.1. The zero-order chi connectivity index (χ0) is 30.6. The van der Waals surface area contributed by atoms with Crippen molar-refractivity contribution in [2.75, 3.05) is 91.9 Å². The molecule has 1 aromatic carbocycles. The molecular formula is C28H43N5O9. The van der Waals surface area contributed by atoms with Gasteiger partial charge in [0, 0.05) is 58.8 Å². The monoisotopic (exact) mass is 593 g/mol. The average Bonchev–Trinajstić information content (AvgIpc) is 3.03. The molecule has 0 aliphatic carbocycles. The van der Waals surface area contributed by atoms with Crippen molar-refractivity contribution in [3.8, 4) is 0 Å². The van der Waals surface area contributed by atoms with Crippen LogP contribution in [0.5, 0.6) is 0 Å². The lowest BCUT2D eigenvalue weighted by atomic mass is 10.1. The van der Waals surface area contributed by atoms with E-state index in [1.165, 1.54) is 0 Å². The van der Waals surface area contributed by atoms with Crippen LogP contribution in [0.1, 0.15) is 17.5 Å². The van der Waals surface area contributed by atoms with E-state index in [1.54, 1.807) is 9.80 Å². The van der Waals surface area contributed by atoms with Gasteiger partial charge in [-0.15, -0.1) is 0 Å². The van der Waals surface area contributed by atoms with Gasteiger partial charge in [-0.3, -0.25) is 33.9 Å². The molecule has 4 N–H and O–H groups in total.